The smallest absolute Gasteiger partial charge is 0.225 e. The maximum atomic E-state index is 12.6. The number of rotatable bonds is 6. The Bertz CT molecular complexity index is 814. The fourth-order valence-electron chi connectivity index (χ4n) is 3.91. The minimum atomic E-state index is -0.297. The molecule has 2 fully saturated rings. The van der Waals surface area contributed by atoms with Crippen LogP contribution in [0.2, 0.25) is 0 Å². The maximum Gasteiger partial charge on any atom is 0.225 e. The minimum Gasteiger partial charge on any atom is -0.355 e. The zero-order valence-corrected chi connectivity index (χ0v) is 15.7. The average Bonchev–Trinajstić information content (AvgIpc) is 3.34. The maximum absolute atomic E-state index is 12.6. The number of hydrogen-bond donors (Lipinski definition) is 3. The molecule has 2 aromatic rings. The van der Waals surface area contributed by atoms with Gasteiger partial charge in [-0.05, 0) is 17.7 Å². The van der Waals surface area contributed by atoms with Gasteiger partial charge in [0.05, 0.1) is 24.2 Å². The lowest BCUT2D eigenvalue weighted by molar-refractivity contribution is -0.129. The molecule has 4 rings (SSSR count). The molecule has 2 amide bonds. The van der Waals surface area contributed by atoms with Crippen LogP contribution in [0.5, 0.6) is 0 Å². The number of likely N-dealkylation sites (tertiary alicyclic amines) is 1. The predicted octanol–water partition coefficient (Wildman–Crippen LogP) is 1.01. The number of nitrogens with one attached hydrogen (secondary N) is 3. The Balaban J connectivity index is 1.30. The first-order valence-electron chi connectivity index (χ1n) is 9.69. The van der Waals surface area contributed by atoms with Crippen molar-refractivity contribution in [3.8, 4) is 0 Å². The SMILES string of the molecule is O=C(NCC1CNNC1c1ccccc1)C1CC(=O)N(Cc2ccccn2)C1. The number of hydrogen-bond acceptors (Lipinski definition) is 5. The molecule has 2 aliphatic rings. The van der Waals surface area contributed by atoms with E-state index < -0.39 is 0 Å². The molecule has 0 saturated carbocycles. The molecule has 0 bridgehead atoms. The number of pyridine rings is 1. The van der Waals surface area contributed by atoms with E-state index in [4.69, 9.17) is 0 Å². The summed E-state index contributed by atoms with van der Waals surface area (Å²) >= 11 is 0. The highest BCUT2D eigenvalue weighted by molar-refractivity contribution is 5.89. The van der Waals surface area contributed by atoms with Crippen LogP contribution in [0, 0.1) is 11.8 Å². The fraction of sp³-hybridized carbons (Fsp3) is 0.381. The van der Waals surface area contributed by atoms with Crippen molar-refractivity contribution >= 4 is 11.8 Å². The Morgan fingerprint density at radius 1 is 1.18 bits per heavy atom. The number of carbonyl (C=O) groups is 2. The molecule has 0 spiro atoms. The predicted molar refractivity (Wildman–Crippen MR) is 105 cm³/mol. The van der Waals surface area contributed by atoms with Crippen molar-refractivity contribution in [1.82, 2.24) is 26.1 Å². The lowest BCUT2D eigenvalue weighted by Gasteiger charge is -2.20. The van der Waals surface area contributed by atoms with Crippen molar-refractivity contribution in [3.05, 3.63) is 66.0 Å². The van der Waals surface area contributed by atoms with Gasteiger partial charge in [-0.3, -0.25) is 20.0 Å². The Hall–Kier alpha value is -2.77. The second kappa shape index (κ2) is 8.50. The molecule has 3 N–H and O–H groups in total. The first-order chi connectivity index (χ1) is 13.7. The van der Waals surface area contributed by atoms with Crippen LogP contribution in [-0.4, -0.2) is 41.3 Å². The number of carbonyl (C=O) groups excluding carboxylic acids is 2. The molecule has 1 aromatic heterocycles. The Labute approximate surface area is 164 Å². The van der Waals surface area contributed by atoms with E-state index in [1.165, 1.54) is 5.56 Å². The van der Waals surface area contributed by atoms with Gasteiger partial charge in [0, 0.05) is 38.2 Å². The van der Waals surface area contributed by atoms with Crippen LogP contribution in [0.4, 0.5) is 0 Å². The molecule has 7 heteroatoms. The summed E-state index contributed by atoms with van der Waals surface area (Å²) in [6.45, 7) is 2.26. The quantitative estimate of drug-likeness (QED) is 0.698. The van der Waals surface area contributed by atoms with Gasteiger partial charge in [0.25, 0.3) is 0 Å². The van der Waals surface area contributed by atoms with Crippen LogP contribution in [0.3, 0.4) is 0 Å². The number of hydrazine groups is 1. The average molecular weight is 379 g/mol. The van der Waals surface area contributed by atoms with Gasteiger partial charge in [-0.25, -0.2) is 5.43 Å². The number of amides is 2. The normalized spacial score (nSPS) is 24.5. The van der Waals surface area contributed by atoms with Crippen molar-refractivity contribution in [2.45, 2.75) is 19.0 Å². The summed E-state index contributed by atoms with van der Waals surface area (Å²) in [6.07, 6.45) is 1.98. The highest BCUT2D eigenvalue weighted by Gasteiger charge is 2.35. The lowest BCUT2D eigenvalue weighted by atomic mass is 9.94. The highest BCUT2D eigenvalue weighted by Crippen LogP contribution is 2.25. The van der Waals surface area contributed by atoms with Crippen LogP contribution in [-0.2, 0) is 16.1 Å². The van der Waals surface area contributed by atoms with Gasteiger partial charge in [0.15, 0.2) is 0 Å². The summed E-state index contributed by atoms with van der Waals surface area (Å²) in [5.41, 5.74) is 8.51. The van der Waals surface area contributed by atoms with Crippen molar-refractivity contribution in [1.29, 1.82) is 0 Å². The molecular weight excluding hydrogens is 354 g/mol. The third-order valence-electron chi connectivity index (χ3n) is 5.45. The van der Waals surface area contributed by atoms with Crippen molar-refractivity contribution < 1.29 is 9.59 Å². The van der Waals surface area contributed by atoms with Gasteiger partial charge in [-0.2, -0.15) is 0 Å². The van der Waals surface area contributed by atoms with E-state index in [9.17, 15) is 9.59 Å². The molecule has 0 aliphatic carbocycles. The molecular formula is C21H25N5O2. The van der Waals surface area contributed by atoms with Crippen molar-refractivity contribution in [2.75, 3.05) is 19.6 Å². The van der Waals surface area contributed by atoms with Crippen LogP contribution < -0.4 is 16.2 Å². The number of benzene rings is 1. The van der Waals surface area contributed by atoms with E-state index >= 15 is 0 Å². The molecule has 0 radical (unpaired) electrons. The number of aromatic nitrogens is 1. The van der Waals surface area contributed by atoms with E-state index in [0.29, 0.717) is 19.6 Å². The molecule has 3 unspecified atom stereocenters. The summed E-state index contributed by atoms with van der Waals surface area (Å²) in [5, 5.41) is 3.06. The van der Waals surface area contributed by atoms with Gasteiger partial charge >= 0.3 is 0 Å². The van der Waals surface area contributed by atoms with Gasteiger partial charge in [0.2, 0.25) is 11.8 Å². The van der Waals surface area contributed by atoms with Crippen LogP contribution in [0.25, 0.3) is 0 Å². The molecule has 28 heavy (non-hydrogen) atoms. The largest absolute Gasteiger partial charge is 0.355 e. The summed E-state index contributed by atoms with van der Waals surface area (Å²) in [6, 6.07) is 16.0. The van der Waals surface area contributed by atoms with Crippen LogP contribution in [0.1, 0.15) is 23.7 Å². The summed E-state index contributed by atoms with van der Waals surface area (Å²) < 4.78 is 0. The molecule has 1 aromatic carbocycles. The molecule has 146 valence electrons. The monoisotopic (exact) mass is 379 g/mol. The zero-order valence-electron chi connectivity index (χ0n) is 15.7. The third kappa shape index (κ3) is 4.21. The van der Waals surface area contributed by atoms with Crippen molar-refractivity contribution in [2.24, 2.45) is 11.8 Å². The molecule has 3 atom stereocenters. The summed E-state index contributed by atoms with van der Waals surface area (Å²) in [5.74, 6) is -0.0745. The molecule has 2 aliphatic heterocycles. The topological polar surface area (TPSA) is 86.4 Å². The second-order valence-corrected chi connectivity index (χ2v) is 7.42. The molecule has 2 saturated heterocycles. The lowest BCUT2D eigenvalue weighted by Crippen LogP contribution is -2.37. The van der Waals surface area contributed by atoms with Gasteiger partial charge in [0.1, 0.15) is 0 Å². The zero-order chi connectivity index (χ0) is 19.3. The highest BCUT2D eigenvalue weighted by atomic mass is 16.2. The summed E-state index contributed by atoms with van der Waals surface area (Å²) in [4.78, 5) is 30.9. The van der Waals surface area contributed by atoms with Gasteiger partial charge in [-0.1, -0.05) is 36.4 Å². The van der Waals surface area contributed by atoms with Crippen molar-refractivity contribution in [3.63, 3.8) is 0 Å². The van der Waals surface area contributed by atoms with Gasteiger partial charge in [-0.15, -0.1) is 0 Å². The van der Waals surface area contributed by atoms with Gasteiger partial charge < -0.3 is 10.2 Å². The van der Waals surface area contributed by atoms with E-state index in [1.807, 2.05) is 36.4 Å². The van der Waals surface area contributed by atoms with E-state index in [1.54, 1.807) is 11.1 Å². The minimum absolute atomic E-state index is 0.0113. The Kier molecular flexibility index (Phi) is 5.64. The second-order valence-electron chi connectivity index (χ2n) is 7.42. The third-order valence-corrected chi connectivity index (χ3v) is 5.45. The number of nitrogens with zero attached hydrogens (tertiary/aromatic N) is 2. The van der Waals surface area contributed by atoms with E-state index in [2.05, 4.69) is 33.3 Å². The summed E-state index contributed by atoms with van der Waals surface area (Å²) in [7, 11) is 0. The molecule has 7 nitrogen and oxygen atoms in total. The van der Waals surface area contributed by atoms with E-state index in [-0.39, 0.29) is 36.1 Å². The Morgan fingerprint density at radius 3 is 2.79 bits per heavy atom. The van der Waals surface area contributed by atoms with E-state index in [0.717, 1.165) is 12.2 Å². The Morgan fingerprint density at radius 2 is 2.00 bits per heavy atom. The molecule has 3 heterocycles. The fourth-order valence-corrected chi connectivity index (χ4v) is 3.91. The van der Waals surface area contributed by atoms with Crippen LogP contribution in [0.15, 0.2) is 54.7 Å². The van der Waals surface area contributed by atoms with Crippen LogP contribution >= 0.6 is 0 Å². The first-order valence-corrected chi connectivity index (χ1v) is 9.69. The standard InChI is InChI=1S/C21H25N5O2/c27-19-10-16(13-26(19)14-18-8-4-5-9-22-18)21(28)23-11-17-12-24-25-20(17)15-6-2-1-3-7-15/h1-9,16-17,20,24-25H,10-14H2,(H,23,28). The first kappa shape index (κ1) is 18.6.